The van der Waals surface area contributed by atoms with E-state index in [9.17, 15) is 0 Å². The average Bonchev–Trinajstić information content (AvgIpc) is 3.27. The molecule has 1 aromatic heterocycles. The number of nitrogens with one attached hydrogen (secondary N) is 2. The summed E-state index contributed by atoms with van der Waals surface area (Å²) in [5.41, 5.74) is 3.02. The van der Waals surface area contributed by atoms with Crippen molar-refractivity contribution in [1.82, 2.24) is 20.6 Å². The molecule has 0 aliphatic heterocycles. The van der Waals surface area contributed by atoms with Crippen molar-refractivity contribution in [2.45, 2.75) is 12.6 Å². The molecule has 0 amide bonds. The minimum absolute atomic E-state index is 0.293. The number of nitrogens with zero attached hydrogens (tertiary/aromatic N) is 3. The van der Waals surface area contributed by atoms with Gasteiger partial charge in [0.05, 0.1) is 0 Å². The Kier molecular flexibility index (Phi) is 5.06. The van der Waals surface area contributed by atoms with Gasteiger partial charge in [-0.05, 0) is 23.8 Å². The molecule has 6 heteroatoms. The van der Waals surface area contributed by atoms with E-state index in [2.05, 4.69) is 25.9 Å². The van der Waals surface area contributed by atoms with Crippen molar-refractivity contribution in [2.24, 2.45) is 0 Å². The second-order valence-electron chi connectivity index (χ2n) is 6.03. The van der Waals surface area contributed by atoms with E-state index in [0.717, 1.165) is 22.6 Å². The van der Waals surface area contributed by atoms with E-state index in [1.54, 1.807) is 0 Å². The first-order valence-electron chi connectivity index (χ1n) is 8.71. The van der Waals surface area contributed by atoms with Gasteiger partial charge in [0.1, 0.15) is 18.4 Å². The summed E-state index contributed by atoms with van der Waals surface area (Å²) in [7, 11) is 0. The molecule has 0 fully saturated rings. The molecule has 1 heterocycles. The van der Waals surface area contributed by atoms with Crippen LogP contribution in [0.15, 0.2) is 84.9 Å². The number of H-pyrrole nitrogens is 1. The Balaban J connectivity index is 1.64. The number of aromatic amines is 1. The maximum absolute atomic E-state index is 6.11. The highest BCUT2D eigenvalue weighted by molar-refractivity contribution is 5.50. The number of hydrogen-bond donors (Lipinski definition) is 2. The monoisotopic (exact) mass is 357 g/mol. The second-order valence-corrected chi connectivity index (χ2v) is 6.03. The van der Waals surface area contributed by atoms with Gasteiger partial charge in [0.15, 0.2) is 0 Å². The Morgan fingerprint density at radius 3 is 2.30 bits per heavy atom. The van der Waals surface area contributed by atoms with Crippen LogP contribution in [0.5, 0.6) is 5.75 Å². The first-order valence-corrected chi connectivity index (χ1v) is 8.71. The third kappa shape index (κ3) is 4.12. The highest BCUT2D eigenvalue weighted by Gasteiger charge is 2.22. The molecule has 0 aliphatic carbocycles. The average molecular weight is 357 g/mol. The lowest BCUT2D eigenvalue weighted by Crippen LogP contribution is -2.15. The van der Waals surface area contributed by atoms with Crippen LogP contribution in [0.25, 0.3) is 0 Å². The summed E-state index contributed by atoms with van der Waals surface area (Å²) in [6, 6.07) is 27.6. The standard InChI is InChI=1S/C21H19N5O/c1-3-9-16(10-4-1)15-27-19-14-8-7-13-18(19)20(21-23-25-26-24-21)22-17-11-5-2-6-12-17/h1-14,20,22H,15H2,(H,23,24,25,26). The van der Waals surface area contributed by atoms with Crippen LogP contribution in [0, 0.1) is 0 Å². The van der Waals surface area contributed by atoms with Gasteiger partial charge in [-0.2, -0.15) is 5.21 Å². The summed E-state index contributed by atoms with van der Waals surface area (Å²) in [5.74, 6) is 1.33. The van der Waals surface area contributed by atoms with Gasteiger partial charge in [0.25, 0.3) is 0 Å². The third-order valence-corrected chi connectivity index (χ3v) is 4.17. The zero-order valence-corrected chi connectivity index (χ0v) is 14.6. The second kappa shape index (κ2) is 8.14. The largest absolute Gasteiger partial charge is 0.489 e. The Morgan fingerprint density at radius 2 is 1.56 bits per heavy atom. The molecule has 0 bridgehead atoms. The summed E-state index contributed by atoms with van der Waals surface area (Å²) in [4.78, 5) is 0. The van der Waals surface area contributed by atoms with Gasteiger partial charge < -0.3 is 10.1 Å². The molecule has 134 valence electrons. The van der Waals surface area contributed by atoms with Gasteiger partial charge >= 0.3 is 0 Å². The van der Waals surface area contributed by atoms with E-state index in [1.807, 2.05) is 84.9 Å². The normalized spacial score (nSPS) is 11.7. The lowest BCUT2D eigenvalue weighted by atomic mass is 10.0. The molecule has 1 unspecified atom stereocenters. The number of benzene rings is 3. The van der Waals surface area contributed by atoms with E-state index < -0.39 is 0 Å². The van der Waals surface area contributed by atoms with Crippen LogP contribution < -0.4 is 10.1 Å². The van der Waals surface area contributed by atoms with E-state index in [0.29, 0.717) is 12.4 Å². The van der Waals surface area contributed by atoms with Crippen LogP contribution in [-0.4, -0.2) is 20.6 Å². The fourth-order valence-corrected chi connectivity index (χ4v) is 2.86. The first kappa shape index (κ1) is 16.8. The first-order chi connectivity index (χ1) is 13.4. The topological polar surface area (TPSA) is 75.7 Å². The maximum atomic E-state index is 6.11. The minimum Gasteiger partial charge on any atom is -0.489 e. The number of anilines is 1. The Hall–Kier alpha value is -3.67. The van der Waals surface area contributed by atoms with Crippen LogP contribution >= 0.6 is 0 Å². The number of ether oxygens (including phenoxy) is 1. The van der Waals surface area contributed by atoms with Crippen LogP contribution in [0.3, 0.4) is 0 Å². The molecular formula is C21H19N5O. The van der Waals surface area contributed by atoms with Crippen molar-refractivity contribution < 1.29 is 4.74 Å². The Morgan fingerprint density at radius 1 is 0.852 bits per heavy atom. The van der Waals surface area contributed by atoms with Crippen molar-refractivity contribution in [3.63, 3.8) is 0 Å². The number of para-hydroxylation sites is 2. The van der Waals surface area contributed by atoms with E-state index in [1.165, 1.54) is 0 Å². The fourth-order valence-electron chi connectivity index (χ4n) is 2.86. The zero-order chi connectivity index (χ0) is 18.3. The summed E-state index contributed by atoms with van der Waals surface area (Å²) in [6.45, 7) is 0.488. The molecule has 2 N–H and O–H groups in total. The van der Waals surface area contributed by atoms with E-state index in [-0.39, 0.29) is 6.04 Å². The van der Waals surface area contributed by atoms with Gasteiger partial charge in [0.2, 0.25) is 5.82 Å². The van der Waals surface area contributed by atoms with Crippen molar-refractivity contribution >= 4 is 5.69 Å². The van der Waals surface area contributed by atoms with Gasteiger partial charge in [0, 0.05) is 11.3 Å². The summed E-state index contributed by atoms with van der Waals surface area (Å²) in [6.07, 6.45) is 0. The Labute approximate surface area is 157 Å². The predicted octanol–water partition coefficient (Wildman–Crippen LogP) is 3.98. The molecule has 0 saturated carbocycles. The van der Waals surface area contributed by atoms with Crippen LogP contribution in [0.2, 0.25) is 0 Å². The third-order valence-electron chi connectivity index (χ3n) is 4.17. The molecule has 0 radical (unpaired) electrons. The predicted molar refractivity (Wildman–Crippen MR) is 103 cm³/mol. The minimum atomic E-state index is -0.293. The number of rotatable bonds is 7. The molecule has 0 spiro atoms. The fraction of sp³-hybridized carbons (Fsp3) is 0.0952. The van der Waals surface area contributed by atoms with E-state index in [4.69, 9.17) is 4.74 Å². The molecule has 0 aliphatic rings. The molecule has 6 nitrogen and oxygen atoms in total. The SMILES string of the molecule is c1ccc(COc2ccccc2C(Nc2ccccc2)c2nn[nH]n2)cc1. The molecule has 4 rings (SSSR count). The molecule has 1 atom stereocenters. The van der Waals surface area contributed by atoms with Crippen molar-refractivity contribution in [2.75, 3.05) is 5.32 Å². The van der Waals surface area contributed by atoms with E-state index >= 15 is 0 Å². The molecule has 0 saturated heterocycles. The van der Waals surface area contributed by atoms with Crippen molar-refractivity contribution in [3.8, 4) is 5.75 Å². The van der Waals surface area contributed by atoms with Crippen molar-refractivity contribution in [1.29, 1.82) is 0 Å². The summed E-state index contributed by atoms with van der Waals surface area (Å²) >= 11 is 0. The highest BCUT2D eigenvalue weighted by atomic mass is 16.5. The van der Waals surface area contributed by atoms with Crippen molar-refractivity contribution in [3.05, 3.63) is 102 Å². The number of aromatic nitrogens is 4. The highest BCUT2D eigenvalue weighted by Crippen LogP contribution is 2.31. The smallest absolute Gasteiger partial charge is 0.201 e. The van der Waals surface area contributed by atoms with Gasteiger partial charge in [-0.25, -0.2) is 0 Å². The Bertz CT molecular complexity index is 958. The number of hydrogen-bond acceptors (Lipinski definition) is 5. The summed E-state index contributed by atoms with van der Waals surface area (Å²) in [5, 5.41) is 18.1. The quantitative estimate of drug-likeness (QED) is 0.523. The van der Waals surface area contributed by atoms with Gasteiger partial charge in [-0.1, -0.05) is 71.9 Å². The molecule has 4 aromatic rings. The van der Waals surface area contributed by atoms with Gasteiger partial charge in [-0.15, -0.1) is 10.2 Å². The maximum Gasteiger partial charge on any atom is 0.201 e. The molecule has 27 heavy (non-hydrogen) atoms. The lowest BCUT2D eigenvalue weighted by Gasteiger charge is -2.20. The molecular weight excluding hydrogens is 338 g/mol. The van der Waals surface area contributed by atoms with Crippen LogP contribution in [-0.2, 0) is 6.61 Å². The number of tetrazole rings is 1. The van der Waals surface area contributed by atoms with Crippen LogP contribution in [0.1, 0.15) is 23.0 Å². The lowest BCUT2D eigenvalue weighted by molar-refractivity contribution is 0.302. The van der Waals surface area contributed by atoms with Crippen LogP contribution in [0.4, 0.5) is 5.69 Å². The van der Waals surface area contributed by atoms with Gasteiger partial charge in [-0.3, -0.25) is 0 Å². The molecule has 3 aromatic carbocycles. The zero-order valence-electron chi connectivity index (χ0n) is 14.6. The summed E-state index contributed by atoms with van der Waals surface area (Å²) < 4.78 is 6.11.